The first-order chi connectivity index (χ1) is 14.1. The fourth-order valence-electron chi connectivity index (χ4n) is 3.81. The third kappa shape index (κ3) is 6.69. The maximum atomic E-state index is 11.7. The van der Waals surface area contributed by atoms with Crippen molar-refractivity contribution >= 4 is 41.7 Å². The Balaban J connectivity index is 0.00000320. The minimum atomic E-state index is -0.104. The number of anilines is 1. The fourth-order valence-corrected chi connectivity index (χ4v) is 3.81. The standard InChI is InChI=1S/C21H33N5O3.HI/c1-4-22-21(25-9-7-18(8-10-25)20(27)28-3)24-14-17-5-6-19(23-13-17)26-11-12-29-16(2)15-26;/h5-6,13,16,18H,4,7-12,14-15H2,1-3H3,(H,22,24);1H. The van der Waals surface area contributed by atoms with Gasteiger partial charge in [0.15, 0.2) is 5.96 Å². The van der Waals surface area contributed by atoms with Crippen LogP contribution >= 0.6 is 24.0 Å². The smallest absolute Gasteiger partial charge is 0.308 e. The van der Waals surface area contributed by atoms with E-state index in [1.165, 1.54) is 7.11 Å². The summed E-state index contributed by atoms with van der Waals surface area (Å²) in [5, 5.41) is 3.37. The van der Waals surface area contributed by atoms with Crippen LogP contribution in [0.4, 0.5) is 5.82 Å². The Morgan fingerprint density at radius 2 is 2.10 bits per heavy atom. The quantitative estimate of drug-likeness (QED) is 0.270. The molecule has 3 heterocycles. The zero-order valence-corrected chi connectivity index (χ0v) is 20.5. The van der Waals surface area contributed by atoms with Gasteiger partial charge >= 0.3 is 5.97 Å². The van der Waals surface area contributed by atoms with E-state index >= 15 is 0 Å². The van der Waals surface area contributed by atoms with Gasteiger partial charge in [0, 0.05) is 38.9 Å². The molecule has 3 rings (SSSR count). The van der Waals surface area contributed by atoms with Gasteiger partial charge in [0.05, 0.1) is 32.3 Å². The Labute approximate surface area is 196 Å². The number of nitrogens with zero attached hydrogens (tertiary/aromatic N) is 4. The number of ether oxygens (including phenoxy) is 2. The molecule has 2 saturated heterocycles. The molecule has 1 aromatic rings. The molecule has 0 saturated carbocycles. The van der Waals surface area contributed by atoms with Gasteiger partial charge < -0.3 is 24.6 Å². The third-order valence-electron chi connectivity index (χ3n) is 5.45. The second-order valence-electron chi connectivity index (χ2n) is 7.61. The largest absolute Gasteiger partial charge is 0.469 e. The Hall–Kier alpha value is -1.62. The summed E-state index contributed by atoms with van der Waals surface area (Å²) in [5.74, 6) is 1.78. The summed E-state index contributed by atoms with van der Waals surface area (Å²) in [6.07, 6.45) is 3.74. The van der Waals surface area contributed by atoms with Crippen molar-refractivity contribution in [2.75, 3.05) is 51.3 Å². The maximum Gasteiger partial charge on any atom is 0.308 e. The number of hydrogen-bond acceptors (Lipinski definition) is 6. The summed E-state index contributed by atoms with van der Waals surface area (Å²) in [6, 6.07) is 4.16. The average Bonchev–Trinajstić information content (AvgIpc) is 2.76. The van der Waals surface area contributed by atoms with Gasteiger partial charge in [-0.05, 0) is 38.3 Å². The van der Waals surface area contributed by atoms with Crippen LogP contribution in [0.3, 0.4) is 0 Å². The number of methoxy groups -OCH3 is 1. The van der Waals surface area contributed by atoms with Gasteiger partial charge in [-0.25, -0.2) is 9.98 Å². The molecular weight excluding hydrogens is 497 g/mol. The molecule has 0 bridgehead atoms. The lowest BCUT2D eigenvalue weighted by Crippen LogP contribution is -2.46. The number of morpholine rings is 1. The number of pyridine rings is 1. The van der Waals surface area contributed by atoms with Crippen LogP contribution in [0.2, 0.25) is 0 Å². The predicted octanol–water partition coefficient (Wildman–Crippen LogP) is 2.28. The van der Waals surface area contributed by atoms with E-state index in [4.69, 9.17) is 14.5 Å². The molecule has 1 aromatic heterocycles. The SMILES string of the molecule is CCNC(=NCc1ccc(N2CCOC(C)C2)nc1)N1CCC(C(=O)OC)CC1.I. The molecule has 0 amide bonds. The second-order valence-corrected chi connectivity index (χ2v) is 7.61. The number of likely N-dealkylation sites (tertiary alicyclic amines) is 1. The van der Waals surface area contributed by atoms with Crippen molar-refractivity contribution in [3.8, 4) is 0 Å². The molecule has 30 heavy (non-hydrogen) atoms. The molecule has 0 spiro atoms. The number of nitrogens with one attached hydrogen (secondary N) is 1. The van der Waals surface area contributed by atoms with Crippen LogP contribution in [0, 0.1) is 5.92 Å². The van der Waals surface area contributed by atoms with E-state index in [1.54, 1.807) is 0 Å². The highest BCUT2D eigenvalue weighted by molar-refractivity contribution is 14.0. The van der Waals surface area contributed by atoms with Crippen LogP contribution in [0.25, 0.3) is 0 Å². The zero-order chi connectivity index (χ0) is 20.6. The lowest BCUT2D eigenvalue weighted by molar-refractivity contribution is -0.146. The van der Waals surface area contributed by atoms with Crippen molar-refractivity contribution in [2.24, 2.45) is 10.9 Å². The topological polar surface area (TPSA) is 79.3 Å². The number of carbonyl (C=O) groups excluding carboxylic acids is 1. The summed E-state index contributed by atoms with van der Waals surface area (Å²) in [5.41, 5.74) is 1.08. The average molecular weight is 531 g/mol. The molecule has 0 aliphatic carbocycles. The minimum absolute atomic E-state index is 0. The van der Waals surface area contributed by atoms with Crippen molar-refractivity contribution in [1.82, 2.24) is 15.2 Å². The Kier molecular flexibility index (Phi) is 10.1. The monoisotopic (exact) mass is 531 g/mol. The number of rotatable bonds is 5. The van der Waals surface area contributed by atoms with E-state index in [2.05, 4.69) is 46.1 Å². The number of halogens is 1. The van der Waals surface area contributed by atoms with Crippen molar-refractivity contribution in [2.45, 2.75) is 39.3 Å². The number of aromatic nitrogens is 1. The highest BCUT2D eigenvalue weighted by Gasteiger charge is 2.27. The van der Waals surface area contributed by atoms with Crippen LogP contribution in [-0.4, -0.2) is 74.4 Å². The van der Waals surface area contributed by atoms with E-state index in [9.17, 15) is 4.79 Å². The highest BCUT2D eigenvalue weighted by atomic mass is 127. The number of piperidine rings is 1. The Morgan fingerprint density at radius 1 is 1.33 bits per heavy atom. The minimum Gasteiger partial charge on any atom is -0.469 e. The second kappa shape index (κ2) is 12.3. The fraction of sp³-hybridized carbons (Fsp3) is 0.667. The highest BCUT2D eigenvalue weighted by Crippen LogP contribution is 2.19. The van der Waals surface area contributed by atoms with E-state index in [0.717, 1.165) is 69.5 Å². The van der Waals surface area contributed by atoms with Crippen molar-refractivity contribution < 1.29 is 14.3 Å². The molecule has 2 fully saturated rings. The Bertz CT molecular complexity index is 692. The predicted molar refractivity (Wildman–Crippen MR) is 128 cm³/mol. The number of hydrogen-bond donors (Lipinski definition) is 1. The van der Waals surface area contributed by atoms with Gasteiger partial charge in [-0.15, -0.1) is 24.0 Å². The molecule has 1 unspecified atom stereocenters. The molecule has 168 valence electrons. The number of esters is 1. The van der Waals surface area contributed by atoms with Gasteiger partial charge in [-0.3, -0.25) is 4.79 Å². The van der Waals surface area contributed by atoms with Crippen molar-refractivity contribution in [3.05, 3.63) is 23.9 Å². The van der Waals surface area contributed by atoms with E-state index in [0.29, 0.717) is 6.54 Å². The van der Waals surface area contributed by atoms with Gasteiger partial charge in [0.1, 0.15) is 5.82 Å². The van der Waals surface area contributed by atoms with Crippen LogP contribution < -0.4 is 10.2 Å². The van der Waals surface area contributed by atoms with Gasteiger partial charge in [0.25, 0.3) is 0 Å². The van der Waals surface area contributed by atoms with E-state index < -0.39 is 0 Å². The zero-order valence-electron chi connectivity index (χ0n) is 18.2. The summed E-state index contributed by atoms with van der Waals surface area (Å²) < 4.78 is 10.5. The first-order valence-electron chi connectivity index (χ1n) is 10.5. The van der Waals surface area contributed by atoms with Crippen molar-refractivity contribution in [1.29, 1.82) is 0 Å². The summed E-state index contributed by atoms with van der Waals surface area (Å²) in [6.45, 7) is 9.64. The Morgan fingerprint density at radius 3 is 2.70 bits per heavy atom. The van der Waals surface area contributed by atoms with Crippen LogP contribution in [0.5, 0.6) is 0 Å². The van der Waals surface area contributed by atoms with E-state index in [-0.39, 0.29) is 42.0 Å². The molecule has 8 nitrogen and oxygen atoms in total. The van der Waals surface area contributed by atoms with Crippen molar-refractivity contribution in [3.63, 3.8) is 0 Å². The first kappa shape index (κ1) is 24.6. The number of guanidine groups is 1. The van der Waals surface area contributed by atoms with Crippen LogP contribution in [-0.2, 0) is 20.8 Å². The lowest BCUT2D eigenvalue weighted by Gasteiger charge is -2.33. The molecular formula is C21H34IN5O3. The molecule has 0 radical (unpaired) electrons. The molecule has 1 atom stereocenters. The third-order valence-corrected chi connectivity index (χ3v) is 5.45. The summed E-state index contributed by atoms with van der Waals surface area (Å²) >= 11 is 0. The van der Waals surface area contributed by atoms with Gasteiger partial charge in [-0.2, -0.15) is 0 Å². The first-order valence-corrected chi connectivity index (χ1v) is 10.5. The number of aliphatic imine (C=N–C) groups is 1. The van der Waals surface area contributed by atoms with Gasteiger partial charge in [-0.1, -0.05) is 6.07 Å². The summed E-state index contributed by atoms with van der Waals surface area (Å²) in [4.78, 5) is 25.6. The van der Waals surface area contributed by atoms with Crippen LogP contribution in [0.15, 0.2) is 23.3 Å². The summed E-state index contributed by atoms with van der Waals surface area (Å²) in [7, 11) is 1.46. The molecule has 2 aliphatic rings. The number of carbonyl (C=O) groups is 1. The van der Waals surface area contributed by atoms with Crippen LogP contribution in [0.1, 0.15) is 32.3 Å². The molecule has 0 aromatic carbocycles. The lowest BCUT2D eigenvalue weighted by atomic mass is 9.97. The molecule has 2 aliphatic heterocycles. The normalized spacial score (nSPS) is 20.5. The van der Waals surface area contributed by atoms with Gasteiger partial charge in [0.2, 0.25) is 0 Å². The maximum absolute atomic E-state index is 11.7. The molecule has 9 heteroatoms. The molecule has 1 N–H and O–H groups in total. The van der Waals surface area contributed by atoms with E-state index in [1.807, 2.05) is 6.20 Å².